The van der Waals surface area contributed by atoms with Gasteiger partial charge in [-0.1, -0.05) is 0 Å². The van der Waals surface area contributed by atoms with Crippen LogP contribution in [-0.2, 0) is 4.84 Å². The van der Waals surface area contributed by atoms with Crippen molar-refractivity contribution in [1.82, 2.24) is 4.98 Å². The van der Waals surface area contributed by atoms with Crippen LogP contribution in [0.5, 0.6) is 0 Å². The van der Waals surface area contributed by atoms with Crippen LogP contribution in [0.25, 0.3) is 0 Å². The van der Waals surface area contributed by atoms with Gasteiger partial charge in [0.25, 0.3) is 0 Å². The molecular weight excluding hydrogens is 160 g/mol. The first-order chi connectivity index (χ1) is 5.74. The number of aliphatic hydroxyl groups is 2. The van der Waals surface area contributed by atoms with E-state index in [4.69, 9.17) is 10.2 Å². The summed E-state index contributed by atoms with van der Waals surface area (Å²) in [5.41, 5.74) is 2.84. The van der Waals surface area contributed by atoms with Gasteiger partial charge in [-0.15, -0.1) is 0 Å². The summed E-state index contributed by atoms with van der Waals surface area (Å²) in [6.07, 6.45) is -0.124. The van der Waals surface area contributed by atoms with Crippen LogP contribution in [0.2, 0.25) is 0 Å². The summed E-state index contributed by atoms with van der Waals surface area (Å²) in [6, 6.07) is 3.12. The molecule has 0 spiro atoms. The Bertz CT molecular complexity index is 235. The Labute approximate surface area is 69.6 Å². The molecule has 0 aliphatic heterocycles. The first-order valence-corrected chi connectivity index (χ1v) is 3.35. The summed E-state index contributed by atoms with van der Waals surface area (Å²) in [7, 11) is 1.47. The van der Waals surface area contributed by atoms with Crippen LogP contribution >= 0.6 is 0 Å². The summed E-state index contributed by atoms with van der Waals surface area (Å²) in [4.78, 5) is 8.42. The van der Waals surface area contributed by atoms with E-state index in [0.717, 1.165) is 0 Å². The molecule has 0 saturated heterocycles. The van der Waals surface area contributed by atoms with Crippen molar-refractivity contribution in [3.8, 4) is 0 Å². The highest BCUT2D eigenvalue weighted by molar-refractivity contribution is 5.33. The zero-order valence-electron chi connectivity index (χ0n) is 6.56. The number of anilines is 1. The van der Waals surface area contributed by atoms with Gasteiger partial charge in [0, 0.05) is 11.8 Å². The fourth-order valence-electron chi connectivity index (χ4n) is 0.723. The minimum Gasteiger partial charge on any atom is -0.364 e. The Hall–Kier alpha value is -1.17. The first-order valence-electron chi connectivity index (χ1n) is 3.35. The lowest BCUT2D eigenvalue weighted by Gasteiger charge is -2.04. The lowest BCUT2D eigenvalue weighted by molar-refractivity contribution is -0.0427. The van der Waals surface area contributed by atoms with Crippen LogP contribution in [-0.4, -0.2) is 22.3 Å². The Balaban J connectivity index is 2.71. The molecule has 0 saturated carbocycles. The Kier molecular flexibility index (Phi) is 2.98. The molecule has 1 heterocycles. The lowest BCUT2D eigenvalue weighted by Crippen LogP contribution is -2.00. The van der Waals surface area contributed by atoms with Crippen molar-refractivity contribution < 1.29 is 15.1 Å². The monoisotopic (exact) mass is 170 g/mol. The maximum atomic E-state index is 8.71. The molecule has 0 amide bonds. The van der Waals surface area contributed by atoms with Gasteiger partial charge in [0.05, 0.1) is 7.11 Å². The van der Waals surface area contributed by atoms with Crippen LogP contribution in [0.1, 0.15) is 11.9 Å². The number of hydrogen-bond acceptors (Lipinski definition) is 5. The van der Waals surface area contributed by atoms with Gasteiger partial charge in [0.2, 0.25) is 0 Å². The molecule has 0 bridgehead atoms. The normalized spacial score (nSPS) is 10.3. The second-order valence-electron chi connectivity index (χ2n) is 2.16. The fourth-order valence-corrected chi connectivity index (χ4v) is 0.723. The van der Waals surface area contributed by atoms with Gasteiger partial charge in [-0.3, -0.25) is 4.84 Å². The lowest BCUT2D eigenvalue weighted by atomic mass is 10.3. The van der Waals surface area contributed by atoms with Crippen LogP contribution in [0.15, 0.2) is 18.3 Å². The zero-order valence-corrected chi connectivity index (χ0v) is 6.56. The molecule has 1 aromatic heterocycles. The molecule has 0 aliphatic rings. The Morgan fingerprint density at radius 3 is 2.67 bits per heavy atom. The van der Waals surface area contributed by atoms with Gasteiger partial charge < -0.3 is 10.2 Å². The first kappa shape index (κ1) is 8.92. The molecule has 66 valence electrons. The molecule has 12 heavy (non-hydrogen) atoms. The number of aromatic nitrogens is 1. The predicted octanol–water partition coefficient (Wildman–Crippen LogP) is 0.0381. The second kappa shape index (κ2) is 4.01. The van der Waals surface area contributed by atoms with E-state index in [1.807, 2.05) is 0 Å². The molecule has 0 aliphatic carbocycles. The molecule has 0 atom stereocenters. The largest absolute Gasteiger partial charge is 0.364 e. The predicted molar refractivity (Wildman–Crippen MR) is 42.0 cm³/mol. The molecule has 3 N–H and O–H groups in total. The van der Waals surface area contributed by atoms with Crippen molar-refractivity contribution >= 4 is 5.82 Å². The minimum atomic E-state index is -1.48. The summed E-state index contributed by atoms with van der Waals surface area (Å²) >= 11 is 0. The van der Waals surface area contributed by atoms with Gasteiger partial charge in [-0.2, -0.15) is 0 Å². The average molecular weight is 170 g/mol. The number of hydrogen-bond donors (Lipinski definition) is 3. The van der Waals surface area contributed by atoms with E-state index in [1.165, 1.54) is 13.3 Å². The molecule has 0 aromatic carbocycles. The summed E-state index contributed by atoms with van der Waals surface area (Å²) in [5, 5.41) is 17.4. The van der Waals surface area contributed by atoms with E-state index < -0.39 is 6.29 Å². The van der Waals surface area contributed by atoms with Crippen molar-refractivity contribution in [2.75, 3.05) is 12.6 Å². The summed E-state index contributed by atoms with van der Waals surface area (Å²) < 4.78 is 0. The van der Waals surface area contributed by atoms with Crippen molar-refractivity contribution in [3.63, 3.8) is 0 Å². The highest BCUT2D eigenvalue weighted by atomic mass is 16.6. The van der Waals surface area contributed by atoms with Gasteiger partial charge in [-0.05, 0) is 12.1 Å². The molecule has 5 nitrogen and oxygen atoms in total. The maximum absolute atomic E-state index is 8.71. The third-order valence-electron chi connectivity index (χ3n) is 1.29. The van der Waals surface area contributed by atoms with Crippen LogP contribution in [0.3, 0.4) is 0 Å². The summed E-state index contributed by atoms with van der Waals surface area (Å²) in [6.45, 7) is 0. The minimum absolute atomic E-state index is 0.344. The van der Waals surface area contributed by atoms with Gasteiger partial charge in [0.1, 0.15) is 5.82 Å². The number of pyridine rings is 1. The van der Waals surface area contributed by atoms with Crippen LogP contribution < -0.4 is 5.48 Å². The van der Waals surface area contributed by atoms with Gasteiger partial charge in [-0.25, -0.2) is 10.5 Å². The Morgan fingerprint density at radius 2 is 2.25 bits per heavy atom. The maximum Gasteiger partial charge on any atom is 0.179 e. The Morgan fingerprint density at radius 1 is 1.50 bits per heavy atom. The van der Waals surface area contributed by atoms with Gasteiger partial charge >= 0.3 is 0 Å². The van der Waals surface area contributed by atoms with Crippen molar-refractivity contribution in [2.24, 2.45) is 0 Å². The molecule has 0 fully saturated rings. The number of aliphatic hydroxyl groups excluding tert-OH is 1. The number of nitrogens with zero attached hydrogens (tertiary/aromatic N) is 1. The van der Waals surface area contributed by atoms with E-state index in [-0.39, 0.29) is 0 Å². The number of nitrogens with one attached hydrogen (secondary N) is 1. The molecule has 0 radical (unpaired) electrons. The van der Waals surface area contributed by atoms with E-state index in [0.29, 0.717) is 11.4 Å². The van der Waals surface area contributed by atoms with Crippen LogP contribution in [0, 0.1) is 0 Å². The van der Waals surface area contributed by atoms with Crippen LogP contribution in [0.4, 0.5) is 5.82 Å². The molecule has 5 heteroatoms. The van der Waals surface area contributed by atoms with Gasteiger partial charge in [0.15, 0.2) is 6.29 Å². The molecule has 1 aromatic rings. The summed E-state index contributed by atoms with van der Waals surface area (Å²) in [5.74, 6) is 0.516. The van der Waals surface area contributed by atoms with E-state index in [9.17, 15) is 0 Å². The fraction of sp³-hybridized carbons (Fsp3) is 0.286. The SMILES string of the molecule is CONc1ccc(C(O)O)cn1. The quantitative estimate of drug-likeness (QED) is 0.441. The third kappa shape index (κ3) is 2.16. The van der Waals surface area contributed by atoms with E-state index in [1.54, 1.807) is 12.1 Å². The highest BCUT2D eigenvalue weighted by Crippen LogP contribution is 2.10. The topological polar surface area (TPSA) is 74.6 Å². The zero-order chi connectivity index (χ0) is 8.97. The van der Waals surface area contributed by atoms with Crippen molar-refractivity contribution in [1.29, 1.82) is 0 Å². The third-order valence-corrected chi connectivity index (χ3v) is 1.29. The smallest absolute Gasteiger partial charge is 0.179 e. The van der Waals surface area contributed by atoms with E-state index >= 15 is 0 Å². The average Bonchev–Trinajstić information content (AvgIpc) is 2.06. The standard InChI is InChI=1S/C7H10N2O3/c1-12-9-6-3-2-5(4-8-6)7(10)11/h2-4,7,10-11H,1H3,(H,8,9). The van der Waals surface area contributed by atoms with Crippen molar-refractivity contribution in [2.45, 2.75) is 6.29 Å². The number of rotatable bonds is 3. The highest BCUT2D eigenvalue weighted by Gasteiger charge is 2.01. The molecule has 0 unspecified atom stereocenters. The molecule has 1 rings (SSSR count). The van der Waals surface area contributed by atoms with E-state index in [2.05, 4.69) is 15.3 Å². The van der Waals surface area contributed by atoms with Crippen molar-refractivity contribution in [3.05, 3.63) is 23.9 Å². The molecular formula is C7H10N2O3. The second-order valence-corrected chi connectivity index (χ2v) is 2.16.